The first-order valence-corrected chi connectivity index (χ1v) is 16.0. The number of carboxylic acid groups (broad SMARTS) is 1. The number of rotatable bonds is 9. The Kier molecular flexibility index (Phi) is 11.2. The van der Waals surface area contributed by atoms with E-state index in [4.69, 9.17) is 21.5 Å². The maximum Gasteiger partial charge on any atom is 0.490 e. The van der Waals surface area contributed by atoms with Gasteiger partial charge < -0.3 is 9.67 Å². The summed E-state index contributed by atoms with van der Waals surface area (Å²) in [6.07, 6.45) is 1.78. The van der Waals surface area contributed by atoms with Crippen molar-refractivity contribution in [2.75, 3.05) is 4.72 Å². The lowest BCUT2D eigenvalue weighted by Crippen LogP contribution is -2.21. The molecular weight excluding hydrogens is 655 g/mol. The molecule has 45 heavy (non-hydrogen) atoms. The second-order valence-electron chi connectivity index (χ2n) is 11.3. The van der Waals surface area contributed by atoms with Crippen molar-refractivity contribution in [1.82, 2.24) is 19.5 Å². The van der Waals surface area contributed by atoms with Crippen LogP contribution in [0.2, 0.25) is 5.02 Å². The molecule has 0 radical (unpaired) electrons. The predicted octanol–water partition coefficient (Wildman–Crippen LogP) is 6.87. The topological polar surface area (TPSA) is 144 Å². The molecule has 1 aromatic carbocycles. The Bertz CT molecular complexity index is 1760. The average molecular weight is 686 g/mol. The number of aromatic nitrogens is 4. The standard InChI is InChI=1S/C27H30ClN5O3S2.C2HF3O2/c1-17(2)11-21-13-22(24(37-21)38(35,36)32-26-30-14-20(28)15-31-26)18-7-6-8-19(12-18)23(34)16-33-10-9-29-25(33)27(3,4)5;3-2(4,5)1(6)7/h6-10,12-15,17H,11,16H2,1-5H3,(H,30,31,32);(H,6,7). The van der Waals surface area contributed by atoms with Gasteiger partial charge in [-0.1, -0.05) is 64.4 Å². The van der Waals surface area contributed by atoms with Crippen molar-refractivity contribution in [2.45, 2.75) is 63.4 Å². The summed E-state index contributed by atoms with van der Waals surface area (Å²) in [4.78, 5) is 35.4. The summed E-state index contributed by atoms with van der Waals surface area (Å²) in [7, 11) is -4.01. The van der Waals surface area contributed by atoms with Gasteiger partial charge in [-0.15, -0.1) is 11.3 Å². The van der Waals surface area contributed by atoms with Gasteiger partial charge in [0.15, 0.2) is 5.78 Å². The van der Waals surface area contributed by atoms with Crippen LogP contribution in [0.1, 0.15) is 55.7 Å². The van der Waals surface area contributed by atoms with Crippen LogP contribution >= 0.6 is 22.9 Å². The molecule has 0 saturated heterocycles. The van der Waals surface area contributed by atoms with Crippen LogP contribution in [0, 0.1) is 5.92 Å². The number of nitrogens with zero attached hydrogens (tertiary/aromatic N) is 4. The number of benzene rings is 1. The van der Waals surface area contributed by atoms with E-state index < -0.39 is 22.2 Å². The number of nitrogens with one attached hydrogen (secondary N) is 1. The minimum atomic E-state index is -5.08. The number of hydrogen-bond acceptors (Lipinski definition) is 8. The Morgan fingerprint density at radius 1 is 1.09 bits per heavy atom. The number of aliphatic carboxylic acids is 1. The highest BCUT2D eigenvalue weighted by Gasteiger charge is 2.38. The quantitative estimate of drug-likeness (QED) is 0.182. The van der Waals surface area contributed by atoms with E-state index in [0.29, 0.717) is 27.6 Å². The molecule has 0 aliphatic heterocycles. The summed E-state index contributed by atoms with van der Waals surface area (Å²) in [5.74, 6) is -1.76. The van der Waals surface area contributed by atoms with Gasteiger partial charge in [0.05, 0.1) is 24.0 Å². The first kappa shape index (κ1) is 35.7. The van der Waals surface area contributed by atoms with Gasteiger partial charge in [0.2, 0.25) is 5.95 Å². The Morgan fingerprint density at radius 3 is 2.27 bits per heavy atom. The molecule has 3 aromatic heterocycles. The van der Waals surface area contributed by atoms with Crippen molar-refractivity contribution in [3.8, 4) is 11.1 Å². The van der Waals surface area contributed by atoms with Crippen LogP contribution < -0.4 is 4.72 Å². The maximum atomic E-state index is 13.5. The van der Waals surface area contributed by atoms with Gasteiger partial charge in [-0.2, -0.15) is 13.2 Å². The van der Waals surface area contributed by atoms with Crippen molar-refractivity contribution in [3.05, 3.63) is 76.4 Å². The molecule has 242 valence electrons. The van der Waals surface area contributed by atoms with Crippen LogP contribution in [0.5, 0.6) is 0 Å². The molecule has 0 unspecified atom stereocenters. The van der Waals surface area contributed by atoms with E-state index in [1.54, 1.807) is 30.6 Å². The number of sulfonamides is 1. The van der Waals surface area contributed by atoms with Crippen molar-refractivity contribution in [2.24, 2.45) is 5.92 Å². The van der Waals surface area contributed by atoms with Gasteiger partial charge in [0.25, 0.3) is 10.0 Å². The van der Waals surface area contributed by atoms with Crippen LogP contribution in [0.25, 0.3) is 11.1 Å². The molecule has 0 saturated carbocycles. The number of Topliss-reactive ketones (excluding diaryl/α,β-unsaturated/α-hetero) is 1. The Balaban J connectivity index is 0.000000707. The number of halogens is 4. The lowest BCUT2D eigenvalue weighted by molar-refractivity contribution is -0.192. The zero-order valence-corrected chi connectivity index (χ0v) is 27.3. The van der Waals surface area contributed by atoms with Crippen LogP contribution in [-0.2, 0) is 33.2 Å². The van der Waals surface area contributed by atoms with E-state index in [2.05, 4.69) is 33.5 Å². The molecule has 0 atom stereocenters. The van der Waals surface area contributed by atoms with E-state index in [9.17, 15) is 26.4 Å². The van der Waals surface area contributed by atoms with Crippen LogP contribution in [0.15, 0.2) is 59.3 Å². The second kappa shape index (κ2) is 14.1. The minimum Gasteiger partial charge on any atom is -0.475 e. The van der Waals surface area contributed by atoms with Crippen molar-refractivity contribution >= 4 is 50.7 Å². The smallest absolute Gasteiger partial charge is 0.475 e. The van der Waals surface area contributed by atoms with Gasteiger partial charge in [-0.3, -0.25) is 4.79 Å². The van der Waals surface area contributed by atoms with Gasteiger partial charge >= 0.3 is 12.1 Å². The van der Waals surface area contributed by atoms with Gasteiger partial charge in [-0.05, 0) is 30.0 Å². The number of hydrogen-bond donors (Lipinski definition) is 2. The lowest BCUT2D eigenvalue weighted by Gasteiger charge is -2.19. The van der Waals surface area contributed by atoms with Gasteiger partial charge in [0, 0.05) is 33.8 Å². The van der Waals surface area contributed by atoms with E-state index in [1.807, 2.05) is 37.5 Å². The highest BCUT2D eigenvalue weighted by Crippen LogP contribution is 2.37. The molecule has 3 heterocycles. The van der Waals surface area contributed by atoms with E-state index in [1.165, 1.54) is 23.7 Å². The number of anilines is 1. The monoisotopic (exact) mass is 685 g/mol. The molecule has 16 heteroatoms. The number of carboxylic acids is 1. The third-order valence-corrected chi connectivity index (χ3v) is 9.10. The minimum absolute atomic E-state index is 0.0712. The normalized spacial score (nSPS) is 12.0. The fourth-order valence-corrected chi connectivity index (χ4v) is 7.05. The lowest BCUT2D eigenvalue weighted by atomic mass is 9.95. The molecule has 2 N–H and O–H groups in total. The molecule has 0 spiro atoms. The largest absolute Gasteiger partial charge is 0.490 e. The van der Waals surface area contributed by atoms with Crippen LogP contribution in [0.4, 0.5) is 19.1 Å². The van der Waals surface area contributed by atoms with Gasteiger partial charge in [0.1, 0.15) is 10.0 Å². The van der Waals surface area contributed by atoms with E-state index in [0.717, 1.165) is 17.1 Å². The molecule has 0 aliphatic carbocycles. The zero-order valence-electron chi connectivity index (χ0n) is 24.9. The third kappa shape index (κ3) is 9.83. The number of carbonyl (C=O) groups excluding carboxylic acids is 1. The molecule has 0 aliphatic rings. The second-order valence-corrected chi connectivity index (χ2v) is 14.7. The molecule has 4 aromatic rings. The number of imidazole rings is 1. The van der Waals surface area contributed by atoms with E-state index in [-0.39, 0.29) is 27.9 Å². The number of thiophene rings is 1. The van der Waals surface area contributed by atoms with Crippen molar-refractivity contribution in [3.63, 3.8) is 0 Å². The predicted molar refractivity (Wildman–Crippen MR) is 165 cm³/mol. The molecular formula is C29H31ClF3N5O5S2. The molecule has 0 bridgehead atoms. The fraction of sp³-hybridized carbons (Fsp3) is 0.345. The first-order chi connectivity index (χ1) is 20.8. The van der Waals surface area contributed by atoms with Crippen LogP contribution in [-0.4, -0.2) is 51.0 Å². The molecule has 0 fully saturated rings. The summed E-state index contributed by atoms with van der Waals surface area (Å²) in [5.41, 5.74) is 1.45. The Hall–Kier alpha value is -3.82. The average Bonchev–Trinajstić information content (AvgIpc) is 3.57. The SMILES string of the molecule is CC(C)Cc1cc(-c2cccc(C(=O)Cn3ccnc3C(C)(C)C)c2)c(S(=O)(=O)Nc2ncc(Cl)cn2)s1.O=C(O)C(F)(F)F. The summed E-state index contributed by atoms with van der Waals surface area (Å²) in [5, 5.41) is 7.43. The Morgan fingerprint density at radius 2 is 1.71 bits per heavy atom. The third-order valence-electron chi connectivity index (χ3n) is 5.89. The maximum absolute atomic E-state index is 13.5. The fourth-order valence-electron chi connectivity index (χ4n) is 4.05. The highest BCUT2D eigenvalue weighted by molar-refractivity contribution is 7.94. The van der Waals surface area contributed by atoms with Crippen molar-refractivity contribution < 1.29 is 36.3 Å². The molecule has 10 nitrogen and oxygen atoms in total. The summed E-state index contributed by atoms with van der Waals surface area (Å²) in [6.45, 7) is 10.4. The Labute approximate surface area is 267 Å². The highest BCUT2D eigenvalue weighted by atomic mass is 35.5. The first-order valence-electron chi connectivity index (χ1n) is 13.4. The van der Waals surface area contributed by atoms with Crippen molar-refractivity contribution in [1.29, 1.82) is 0 Å². The molecule has 4 rings (SSSR count). The van der Waals surface area contributed by atoms with Gasteiger partial charge in [-0.25, -0.2) is 32.9 Å². The van der Waals surface area contributed by atoms with E-state index >= 15 is 0 Å². The molecule has 0 amide bonds. The number of alkyl halides is 3. The zero-order chi connectivity index (χ0) is 33.7. The summed E-state index contributed by atoms with van der Waals surface area (Å²) >= 11 is 7.05. The van der Waals surface area contributed by atoms with Crippen LogP contribution in [0.3, 0.4) is 0 Å². The summed E-state index contributed by atoms with van der Waals surface area (Å²) < 4.78 is 63.1. The number of carbonyl (C=O) groups is 2. The summed E-state index contributed by atoms with van der Waals surface area (Å²) in [6, 6.07) is 8.96. The number of ketones is 1.